The second-order valence-corrected chi connectivity index (χ2v) is 5.51. The summed E-state index contributed by atoms with van der Waals surface area (Å²) in [5.74, 6) is 0. The van der Waals surface area contributed by atoms with Crippen LogP contribution in [-0.2, 0) is 0 Å². The lowest BCUT2D eigenvalue weighted by Gasteiger charge is -2.44. The molecule has 2 nitrogen and oxygen atoms in total. The van der Waals surface area contributed by atoms with Crippen molar-refractivity contribution < 1.29 is 5.11 Å². The minimum Gasteiger partial charge on any atom is -0.386 e. The van der Waals surface area contributed by atoms with Gasteiger partial charge in [-0.15, -0.1) is 12.4 Å². The number of aliphatic hydroxyl groups excluding tert-OH is 1. The molecule has 102 valence electrons. The number of benzene rings is 1. The third-order valence-corrected chi connectivity index (χ3v) is 3.96. The third-order valence-electron chi connectivity index (χ3n) is 3.96. The highest BCUT2D eigenvalue weighted by Crippen LogP contribution is 2.32. The van der Waals surface area contributed by atoms with Gasteiger partial charge in [0.2, 0.25) is 0 Å². The van der Waals surface area contributed by atoms with E-state index in [4.69, 9.17) is 0 Å². The van der Waals surface area contributed by atoms with Crippen LogP contribution in [0.1, 0.15) is 44.8 Å². The molecular weight excluding hydrogens is 246 g/mol. The van der Waals surface area contributed by atoms with Gasteiger partial charge in [-0.25, -0.2) is 0 Å². The molecule has 1 fully saturated rings. The summed E-state index contributed by atoms with van der Waals surface area (Å²) in [5, 5.41) is 10.6. The summed E-state index contributed by atoms with van der Waals surface area (Å²) in [4.78, 5) is 2.42. The highest BCUT2D eigenvalue weighted by atomic mass is 35.5. The van der Waals surface area contributed by atoms with Crippen molar-refractivity contribution in [3.05, 3.63) is 35.9 Å². The van der Waals surface area contributed by atoms with Crippen molar-refractivity contribution in [2.24, 2.45) is 0 Å². The lowest BCUT2D eigenvalue weighted by atomic mass is 9.88. The minimum absolute atomic E-state index is 0. The maximum absolute atomic E-state index is 10.6. The van der Waals surface area contributed by atoms with Crippen molar-refractivity contribution in [2.75, 3.05) is 13.1 Å². The van der Waals surface area contributed by atoms with Gasteiger partial charge in [-0.05, 0) is 45.3 Å². The number of rotatable bonds is 3. The van der Waals surface area contributed by atoms with Gasteiger partial charge in [0.1, 0.15) is 0 Å². The standard InChI is InChI=1S/C15H23NO.ClH/c1-15(2,16-11-7-4-8-12-16)14(17)13-9-5-3-6-10-13;/h3,5-6,9-10,14,17H,4,7-8,11-12H2,1-2H3;1H. The highest BCUT2D eigenvalue weighted by Gasteiger charge is 2.35. The molecule has 0 aliphatic carbocycles. The van der Waals surface area contributed by atoms with Gasteiger partial charge in [0.05, 0.1) is 6.10 Å². The van der Waals surface area contributed by atoms with E-state index >= 15 is 0 Å². The number of nitrogens with zero attached hydrogens (tertiary/aromatic N) is 1. The second-order valence-electron chi connectivity index (χ2n) is 5.51. The predicted molar refractivity (Wildman–Crippen MR) is 78.2 cm³/mol. The lowest BCUT2D eigenvalue weighted by Crippen LogP contribution is -2.50. The zero-order valence-electron chi connectivity index (χ0n) is 11.3. The molecule has 1 aliphatic rings. The molecule has 0 radical (unpaired) electrons. The molecule has 18 heavy (non-hydrogen) atoms. The molecular formula is C15H24ClNO. The van der Waals surface area contributed by atoms with Gasteiger partial charge in [0, 0.05) is 5.54 Å². The lowest BCUT2D eigenvalue weighted by molar-refractivity contribution is -0.0208. The van der Waals surface area contributed by atoms with E-state index in [0.717, 1.165) is 18.7 Å². The highest BCUT2D eigenvalue weighted by molar-refractivity contribution is 5.85. The summed E-state index contributed by atoms with van der Waals surface area (Å²) >= 11 is 0. The van der Waals surface area contributed by atoms with E-state index in [1.54, 1.807) is 0 Å². The van der Waals surface area contributed by atoms with Crippen molar-refractivity contribution in [2.45, 2.75) is 44.8 Å². The number of piperidine rings is 1. The van der Waals surface area contributed by atoms with Gasteiger partial charge in [-0.1, -0.05) is 36.8 Å². The quantitative estimate of drug-likeness (QED) is 0.909. The summed E-state index contributed by atoms with van der Waals surface area (Å²) in [5.41, 5.74) is 0.838. The first-order valence-corrected chi connectivity index (χ1v) is 6.60. The molecule has 1 unspecified atom stereocenters. The topological polar surface area (TPSA) is 23.5 Å². The van der Waals surface area contributed by atoms with Gasteiger partial charge in [-0.3, -0.25) is 4.90 Å². The van der Waals surface area contributed by atoms with E-state index < -0.39 is 6.10 Å². The van der Waals surface area contributed by atoms with Crippen molar-refractivity contribution in [1.82, 2.24) is 4.90 Å². The molecule has 1 aliphatic heterocycles. The normalized spacial score (nSPS) is 19.1. The summed E-state index contributed by atoms with van der Waals surface area (Å²) < 4.78 is 0. The van der Waals surface area contributed by atoms with E-state index in [1.807, 2.05) is 30.3 Å². The van der Waals surface area contributed by atoms with Crippen LogP contribution in [0.5, 0.6) is 0 Å². The van der Waals surface area contributed by atoms with Crippen molar-refractivity contribution in [1.29, 1.82) is 0 Å². The molecule has 0 aromatic heterocycles. The van der Waals surface area contributed by atoms with Crippen molar-refractivity contribution in [3.8, 4) is 0 Å². The van der Waals surface area contributed by atoms with E-state index in [0.29, 0.717) is 0 Å². The molecule has 3 heteroatoms. The van der Waals surface area contributed by atoms with Crippen LogP contribution in [-0.4, -0.2) is 28.6 Å². The molecule has 0 saturated carbocycles. The number of likely N-dealkylation sites (tertiary alicyclic amines) is 1. The molecule has 1 heterocycles. The summed E-state index contributed by atoms with van der Waals surface area (Å²) in [6, 6.07) is 9.99. The molecule has 1 aromatic rings. The molecule has 0 spiro atoms. The van der Waals surface area contributed by atoms with E-state index in [1.165, 1.54) is 19.3 Å². The molecule has 1 atom stereocenters. The molecule has 1 N–H and O–H groups in total. The number of hydrogen-bond donors (Lipinski definition) is 1. The third kappa shape index (κ3) is 3.25. The maximum Gasteiger partial charge on any atom is 0.0968 e. The number of hydrogen-bond acceptors (Lipinski definition) is 2. The van der Waals surface area contributed by atoms with Crippen LogP contribution < -0.4 is 0 Å². The van der Waals surface area contributed by atoms with Crippen LogP contribution in [0.3, 0.4) is 0 Å². The second kappa shape index (κ2) is 6.55. The van der Waals surface area contributed by atoms with Crippen LogP contribution >= 0.6 is 12.4 Å². The first-order chi connectivity index (χ1) is 8.12. The first kappa shape index (κ1) is 15.5. The Bertz CT molecular complexity index is 347. The van der Waals surface area contributed by atoms with Gasteiger partial charge < -0.3 is 5.11 Å². The molecule has 0 amide bonds. The fourth-order valence-corrected chi connectivity index (χ4v) is 2.69. The fourth-order valence-electron chi connectivity index (χ4n) is 2.69. The number of aliphatic hydroxyl groups is 1. The Balaban J connectivity index is 0.00000162. The Morgan fingerprint density at radius 2 is 1.61 bits per heavy atom. The van der Waals surface area contributed by atoms with Gasteiger partial charge in [0.25, 0.3) is 0 Å². The number of halogens is 1. The van der Waals surface area contributed by atoms with Crippen molar-refractivity contribution >= 4 is 12.4 Å². The largest absolute Gasteiger partial charge is 0.386 e. The van der Waals surface area contributed by atoms with Crippen LogP contribution in [0.25, 0.3) is 0 Å². The maximum atomic E-state index is 10.6. The fraction of sp³-hybridized carbons (Fsp3) is 0.600. The van der Waals surface area contributed by atoms with Crippen molar-refractivity contribution in [3.63, 3.8) is 0 Å². The molecule has 1 saturated heterocycles. The van der Waals surface area contributed by atoms with E-state index in [-0.39, 0.29) is 17.9 Å². The van der Waals surface area contributed by atoms with Crippen LogP contribution in [0.2, 0.25) is 0 Å². The predicted octanol–water partition coefficient (Wildman–Crippen LogP) is 3.41. The zero-order valence-corrected chi connectivity index (χ0v) is 12.1. The smallest absolute Gasteiger partial charge is 0.0968 e. The molecule has 1 aromatic carbocycles. The average Bonchev–Trinajstić information content (AvgIpc) is 2.40. The SMILES string of the molecule is CC(C)(C(O)c1ccccc1)N1CCCCC1.Cl. The monoisotopic (exact) mass is 269 g/mol. The summed E-state index contributed by atoms with van der Waals surface area (Å²) in [7, 11) is 0. The summed E-state index contributed by atoms with van der Waals surface area (Å²) in [6.07, 6.45) is 3.42. The Labute approximate surface area is 116 Å². The Morgan fingerprint density at radius 1 is 1.06 bits per heavy atom. The Morgan fingerprint density at radius 3 is 2.17 bits per heavy atom. The van der Waals surface area contributed by atoms with Gasteiger partial charge in [-0.2, -0.15) is 0 Å². The Hall–Kier alpha value is -0.570. The van der Waals surface area contributed by atoms with Gasteiger partial charge in [0.15, 0.2) is 0 Å². The van der Waals surface area contributed by atoms with Crippen LogP contribution in [0.4, 0.5) is 0 Å². The van der Waals surface area contributed by atoms with E-state index in [2.05, 4.69) is 18.7 Å². The van der Waals surface area contributed by atoms with Gasteiger partial charge >= 0.3 is 0 Å². The van der Waals surface area contributed by atoms with Crippen LogP contribution in [0, 0.1) is 0 Å². The summed E-state index contributed by atoms with van der Waals surface area (Å²) in [6.45, 7) is 6.51. The zero-order chi connectivity index (χ0) is 12.3. The van der Waals surface area contributed by atoms with E-state index in [9.17, 15) is 5.11 Å². The molecule has 2 rings (SSSR count). The average molecular weight is 270 g/mol. The van der Waals surface area contributed by atoms with Crippen LogP contribution in [0.15, 0.2) is 30.3 Å². The first-order valence-electron chi connectivity index (χ1n) is 6.60. The molecule has 0 bridgehead atoms. The Kier molecular flexibility index (Phi) is 5.64. The minimum atomic E-state index is -0.415.